The van der Waals surface area contributed by atoms with Gasteiger partial charge in [0, 0.05) is 23.3 Å². The van der Waals surface area contributed by atoms with Crippen LogP contribution in [0, 0.1) is 0 Å². The van der Waals surface area contributed by atoms with Crippen molar-refractivity contribution in [1.29, 1.82) is 0 Å². The molecule has 0 fully saturated rings. The van der Waals surface area contributed by atoms with Gasteiger partial charge in [0.1, 0.15) is 12.1 Å². The third kappa shape index (κ3) is 4.46. The zero-order valence-corrected chi connectivity index (χ0v) is 16.4. The number of amides is 1. The second-order valence-electron chi connectivity index (χ2n) is 6.80. The van der Waals surface area contributed by atoms with Gasteiger partial charge in [-0.05, 0) is 49.2 Å². The molecule has 1 amide bonds. The van der Waals surface area contributed by atoms with Crippen LogP contribution in [-0.4, -0.2) is 28.5 Å². The molecule has 6 nitrogen and oxygen atoms in total. The van der Waals surface area contributed by atoms with E-state index in [1.165, 1.54) is 0 Å². The Labute approximate surface area is 165 Å². The predicted octanol–water partition coefficient (Wildman–Crippen LogP) is 4.24. The first kappa shape index (κ1) is 19.8. The topological polar surface area (TPSA) is 84.1 Å². The minimum absolute atomic E-state index is 0.0220. The van der Waals surface area contributed by atoms with Crippen LogP contribution in [0.1, 0.15) is 33.1 Å². The van der Waals surface area contributed by atoms with Gasteiger partial charge in [0.25, 0.3) is 0 Å². The van der Waals surface area contributed by atoms with Gasteiger partial charge in [-0.15, -0.1) is 0 Å². The van der Waals surface area contributed by atoms with Gasteiger partial charge in [-0.25, -0.2) is 9.97 Å². The molecule has 28 heavy (non-hydrogen) atoms. The maximum absolute atomic E-state index is 12.7. The average molecular weight is 377 g/mol. The highest BCUT2D eigenvalue weighted by Crippen LogP contribution is 2.25. The summed E-state index contributed by atoms with van der Waals surface area (Å²) in [7, 11) is 0. The van der Waals surface area contributed by atoms with Gasteiger partial charge in [-0.2, -0.15) is 0 Å². The van der Waals surface area contributed by atoms with Crippen molar-refractivity contribution in [3.05, 3.63) is 54.9 Å². The fourth-order valence-corrected chi connectivity index (χ4v) is 3.19. The molecule has 1 unspecified atom stereocenters. The fraction of sp³-hybridized carbons (Fsp3) is 0.318. The molecule has 3 N–H and O–H groups in total. The lowest BCUT2D eigenvalue weighted by molar-refractivity contribution is -0.120. The molecule has 3 aromatic rings. The Morgan fingerprint density at radius 3 is 2.54 bits per heavy atom. The van der Waals surface area contributed by atoms with Crippen LogP contribution in [0.25, 0.3) is 10.9 Å². The molecule has 0 aliphatic heterocycles. The van der Waals surface area contributed by atoms with Crippen molar-refractivity contribution in [3.63, 3.8) is 0 Å². The van der Waals surface area contributed by atoms with Crippen molar-refractivity contribution in [2.24, 2.45) is 5.73 Å². The first-order valence-corrected chi connectivity index (χ1v) is 9.77. The van der Waals surface area contributed by atoms with Gasteiger partial charge in [0.2, 0.25) is 5.91 Å². The van der Waals surface area contributed by atoms with Gasteiger partial charge < -0.3 is 16.0 Å². The van der Waals surface area contributed by atoms with Crippen molar-refractivity contribution < 1.29 is 4.79 Å². The summed E-state index contributed by atoms with van der Waals surface area (Å²) >= 11 is 0. The highest BCUT2D eigenvalue weighted by Gasteiger charge is 2.21. The van der Waals surface area contributed by atoms with E-state index in [2.05, 4.69) is 22.2 Å². The van der Waals surface area contributed by atoms with Crippen molar-refractivity contribution >= 4 is 34.0 Å². The molecule has 0 saturated carbocycles. The SMILES string of the molecule is CCCC(N)C(=O)N(CCC)c1ccc(Nc2ncnc3ccccc23)cc1. The first-order chi connectivity index (χ1) is 13.6. The van der Waals surface area contributed by atoms with Gasteiger partial charge >= 0.3 is 0 Å². The summed E-state index contributed by atoms with van der Waals surface area (Å²) in [6, 6.07) is 15.2. The third-order valence-corrected chi connectivity index (χ3v) is 4.61. The van der Waals surface area contributed by atoms with Crippen molar-refractivity contribution in [2.75, 3.05) is 16.8 Å². The van der Waals surface area contributed by atoms with Crippen LogP contribution < -0.4 is 16.0 Å². The smallest absolute Gasteiger partial charge is 0.243 e. The fourth-order valence-electron chi connectivity index (χ4n) is 3.19. The summed E-state index contributed by atoms with van der Waals surface area (Å²) in [4.78, 5) is 23.1. The summed E-state index contributed by atoms with van der Waals surface area (Å²) in [6.45, 7) is 4.75. The van der Waals surface area contributed by atoms with Crippen LogP contribution in [0.15, 0.2) is 54.9 Å². The van der Waals surface area contributed by atoms with Crippen LogP contribution in [0.4, 0.5) is 17.2 Å². The number of nitrogens with zero attached hydrogens (tertiary/aromatic N) is 3. The van der Waals surface area contributed by atoms with Gasteiger partial charge in [-0.3, -0.25) is 4.79 Å². The minimum Gasteiger partial charge on any atom is -0.340 e. The summed E-state index contributed by atoms with van der Waals surface area (Å²) in [6.07, 6.45) is 4.01. The molecule has 146 valence electrons. The van der Waals surface area contributed by atoms with Gasteiger partial charge in [-0.1, -0.05) is 32.4 Å². The van der Waals surface area contributed by atoms with E-state index in [0.29, 0.717) is 13.0 Å². The Morgan fingerprint density at radius 1 is 1.07 bits per heavy atom. The minimum atomic E-state index is -0.457. The van der Waals surface area contributed by atoms with Gasteiger partial charge in [0.05, 0.1) is 11.6 Å². The molecule has 0 radical (unpaired) electrons. The average Bonchev–Trinajstić information content (AvgIpc) is 2.73. The monoisotopic (exact) mass is 377 g/mol. The highest BCUT2D eigenvalue weighted by molar-refractivity contribution is 5.97. The molecule has 1 heterocycles. The van der Waals surface area contributed by atoms with Crippen LogP contribution in [0.3, 0.4) is 0 Å². The molecule has 0 spiro atoms. The number of hydrogen-bond acceptors (Lipinski definition) is 5. The van der Waals surface area contributed by atoms with Crippen LogP contribution in [0.2, 0.25) is 0 Å². The van der Waals surface area contributed by atoms with Gasteiger partial charge in [0.15, 0.2) is 0 Å². The van der Waals surface area contributed by atoms with Crippen molar-refractivity contribution in [2.45, 2.75) is 39.2 Å². The van der Waals surface area contributed by atoms with E-state index in [-0.39, 0.29) is 5.91 Å². The van der Waals surface area contributed by atoms with Crippen molar-refractivity contribution in [1.82, 2.24) is 9.97 Å². The number of carbonyl (C=O) groups is 1. The molecule has 0 saturated heterocycles. The molecular weight excluding hydrogens is 350 g/mol. The number of aromatic nitrogens is 2. The van der Waals surface area contributed by atoms with Crippen LogP contribution in [-0.2, 0) is 4.79 Å². The lowest BCUT2D eigenvalue weighted by Gasteiger charge is -2.25. The number of benzene rings is 2. The number of nitrogens with two attached hydrogens (primary N) is 1. The Morgan fingerprint density at radius 2 is 1.82 bits per heavy atom. The van der Waals surface area contributed by atoms with Crippen LogP contribution in [0.5, 0.6) is 0 Å². The number of para-hydroxylation sites is 1. The number of carbonyl (C=O) groups excluding carboxylic acids is 1. The van der Waals surface area contributed by atoms with E-state index >= 15 is 0 Å². The predicted molar refractivity (Wildman–Crippen MR) is 115 cm³/mol. The zero-order chi connectivity index (χ0) is 19.9. The highest BCUT2D eigenvalue weighted by atomic mass is 16.2. The first-order valence-electron chi connectivity index (χ1n) is 9.77. The number of anilines is 3. The summed E-state index contributed by atoms with van der Waals surface area (Å²) in [5, 5.41) is 4.30. The van der Waals surface area contributed by atoms with E-state index in [0.717, 1.165) is 40.9 Å². The Balaban J connectivity index is 1.80. The second kappa shape index (κ2) is 9.28. The Hall–Kier alpha value is -2.99. The van der Waals surface area contributed by atoms with E-state index in [1.807, 2.05) is 55.5 Å². The maximum atomic E-state index is 12.7. The van der Waals surface area contributed by atoms with E-state index in [9.17, 15) is 4.79 Å². The zero-order valence-electron chi connectivity index (χ0n) is 16.4. The number of nitrogens with one attached hydrogen (secondary N) is 1. The summed E-state index contributed by atoms with van der Waals surface area (Å²) in [5.41, 5.74) is 8.71. The normalized spacial score (nSPS) is 12.0. The molecule has 0 aliphatic carbocycles. The maximum Gasteiger partial charge on any atom is 0.243 e. The standard InChI is InChI=1S/C22H27N5O/c1-3-7-19(23)22(28)27(14-4-2)17-12-10-16(11-13-17)26-21-18-8-5-6-9-20(18)24-15-25-21/h5-6,8-13,15,19H,3-4,7,14,23H2,1-2H3,(H,24,25,26). The molecule has 1 atom stereocenters. The Bertz CT molecular complexity index is 920. The lowest BCUT2D eigenvalue weighted by atomic mass is 10.1. The molecule has 0 bridgehead atoms. The Kier molecular flexibility index (Phi) is 6.55. The number of fused-ring (bicyclic) bond motifs is 1. The largest absolute Gasteiger partial charge is 0.340 e. The molecule has 6 heteroatoms. The number of rotatable bonds is 8. The molecule has 1 aromatic heterocycles. The van der Waals surface area contributed by atoms with E-state index in [1.54, 1.807) is 11.2 Å². The van der Waals surface area contributed by atoms with Crippen LogP contribution >= 0.6 is 0 Å². The molecular formula is C22H27N5O. The number of hydrogen-bond donors (Lipinski definition) is 2. The van der Waals surface area contributed by atoms with E-state index < -0.39 is 6.04 Å². The quantitative estimate of drug-likeness (QED) is 0.613. The summed E-state index contributed by atoms with van der Waals surface area (Å²) < 4.78 is 0. The third-order valence-electron chi connectivity index (χ3n) is 4.61. The lowest BCUT2D eigenvalue weighted by Crippen LogP contribution is -2.44. The molecule has 3 rings (SSSR count). The molecule has 2 aromatic carbocycles. The van der Waals surface area contributed by atoms with E-state index in [4.69, 9.17) is 5.73 Å². The van der Waals surface area contributed by atoms with Crippen molar-refractivity contribution in [3.8, 4) is 0 Å². The molecule has 0 aliphatic rings. The summed E-state index contributed by atoms with van der Waals surface area (Å²) in [5.74, 6) is 0.732. The second-order valence-corrected chi connectivity index (χ2v) is 6.80.